The van der Waals surface area contributed by atoms with Crippen molar-refractivity contribution < 1.29 is 18.7 Å². The van der Waals surface area contributed by atoms with Gasteiger partial charge in [-0.15, -0.1) is 0 Å². The number of aryl methyl sites for hydroxylation is 1. The Labute approximate surface area is 183 Å². The molecule has 1 aliphatic heterocycles. The van der Waals surface area contributed by atoms with Crippen LogP contribution in [0, 0.1) is 12.7 Å². The zero-order valence-corrected chi connectivity index (χ0v) is 17.5. The topological polar surface area (TPSA) is 58.6 Å². The molecule has 0 atom stereocenters. The van der Waals surface area contributed by atoms with Gasteiger partial charge in [0.25, 0.3) is 11.8 Å². The standard InChI is InChI=1S/C24H18ClFN2O3/c1-14-6-9-16(25)12-20(14)27-22-21(15-7-10-19(31-2)11-8-15)23(29)28(24(22)30)18-5-3-4-17(26)13-18/h3-13,27H,1-2H3. The highest BCUT2D eigenvalue weighted by Crippen LogP contribution is 2.35. The number of hydrogen-bond acceptors (Lipinski definition) is 4. The van der Waals surface area contributed by atoms with Crippen LogP contribution in [-0.2, 0) is 9.59 Å². The monoisotopic (exact) mass is 436 g/mol. The summed E-state index contributed by atoms with van der Waals surface area (Å²) in [5, 5.41) is 3.56. The fraction of sp³-hybridized carbons (Fsp3) is 0.0833. The van der Waals surface area contributed by atoms with Crippen LogP contribution < -0.4 is 15.0 Å². The van der Waals surface area contributed by atoms with E-state index in [0.29, 0.717) is 22.0 Å². The van der Waals surface area contributed by atoms with E-state index in [9.17, 15) is 14.0 Å². The summed E-state index contributed by atoms with van der Waals surface area (Å²) < 4.78 is 19.0. The van der Waals surface area contributed by atoms with Crippen LogP contribution >= 0.6 is 11.6 Å². The Hall–Kier alpha value is -3.64. The number of halogens is 2. The highest BCUT2D eigenvalue weighted by Gasteiger charge is 2.40. The van der Waals surface area contributed by atoms with Gasteiger partial charge in [-0.05, 0) is 60.5 Å². The molecular formula is C24H18ClFN2O3. The minimum Gasteiger partial charge on any atom is -0.497 e. The van der Waals surface area contributed by atoms with Gasteiger partial charge in [0, 0.05) is 10.7 Å². The van der Waals surface area contributed by atoms with Gasteiger partial charge in [0.2, 0.25) is 0 Å². The van der Waals surface area contributed by atoms with Crippen molar-refractivity contribution in [3.8, 4) is 5.75 Å². The second kappa shape index (κ2) is 8.24. The van der Waals surface area contributed by atoms with Crippen LogP contribution in [0.1, 0.15) is 11.1 Å². The van der Waals surface area contributed by atoms with Crippen LogP contribution in [-0.4, -0.2) is 18.9 Å². The van der Waals surface area contributed by atoms with Crippen molar-refractivity contribution >= 4 is 40.4 Å². The first-order chi connectivity index (χ1) is 14.9. The Morgan fingerprint density at radius 3 is 2.39 bits per heavy atom. The smallest absolute Gasteiger partial charge is 0.282 e. The van der Waals surface area contributed by atoms with Crippen LogP contribution in [0.25, 0.3) is 5.57 Å². The Morgan fingerprint density at radius 2 is 1.71 bits per heavy atom. The molecule has 1 heterocycles. The Morgan fingerprint density at radius 1 is 0.968 bits per heavy atom. The van der Waals surface area contributed by atoms with Gasteiger partial charge in [-0.25, -0.2) is 9.29 Å². The zero-order chi connectivity index (χ0) is 22.1. The van der Waals surface area contributed by atoms with Crippen LogP contribution in [0.5, 0.6) is 5.75 Å². The van der Waals surface area contributed by atoms with E-state index in [-0.39, 0.29) is 17.0 Å². The number of hydrogen-bond donors (Lipinski definition) is 1. The normalized spacial score (nSPS) is 13.7. The number of carbonyl (C=O) groups excluding carboxylic acids is 2. The third kappa shape index (κ3) is 3.90. The zero-order valence-electron chi connectivity index (χ0n) is 16.8. The molecule has 0 aromatic heterocycles. The molecule has 1 N–H and O–H groups in total. The molecule has 1 aliphatic rings. The maximum Gasteiger partial charge on any atom is 0.282 e. The minimum absolute atomic E-state index is 0.0878. The summed E-state index contributed by atoms with van der Waals surface area (Å²) in [6.07, 6.45) is 0. The molecule has 2 amide bonds. The van der Waals surface area contributed by atoms with Crippen LogP contribution in [0.4, 0.5) is 15.8 Å². The fourth-order valence-corrected chi connectivity index (χ4v) is 3.56. The van der Waals surface area contributed by atoms with Gasteiger partial charge in [0.15, 0.2) is 0 Å². The minimum atomic E-state index is -0.583. The van der Waals surface area contributed by atoms with E-state index < -0.39 is 17.6 Å². The lowest BCUT2D eigenvalue weighted by Crippen LogP contribution is -2.32. The lowest BCUT2D eigenvalue weighted by molar-refractivity contribution is -0.120. The number of rotatable bonds is 5. The van der Waals surface area contributed by atoms with E-state index in [1.807, 2.05) is 13.0 Å². The first kappa shape index (κ1) is 20.6. The average molecular weight is 437 g/mol. The van der Waals surface area contributed by atoms with Gasteiger partial charge in [-0.1, -0.05) is 35.9 Å². The first-order valence-electron chi connectivity index (χ1n) is 9.45. The first-order valence-corrected chi connectivity index (χ1v) is 9.83. The largest absolute Gasteiger partial charge is 0.497 e. The third-order valence-electron chi connectivity index (χ3n) is 4.99. The lowest BCUT2D eigenvalue weighted by Gasteiger charge is -2.16. The van der Waals surface area contributed by atoms with E-state index in [0.717, 1.165) is 16.5 Å². The molecule has 0 spiro atoms. The average Bonchev–Trinajstić information content (AvgIpc) is 3.00. The molecule has 31 heavy (non-hydrogen) atoms. The maximum absolute atomic E-state index is 13.8. The number of imide groups is 1. The summed E-state index contributed by atoms with van der Waals surface area (Å²) in [6, 6.07) is 17.4. The molecule has 0 unspecified atom stereocenters. The summed E-state index contributed by atoms with van der Waals surface area (Å²) in [5.74, 6) is -1.07. The summed E-state index contributed by atoms with van der Waals surface area (Å²) in [4.78, 5) is 27.7. The molecule has 0 saturated heterocycles. The second-order valence-electron chi connectivity index (χ2n) is 6.99. The maximum atomic E-state index is 13.8. The van der Waals surface area contributed by atoms with Crippen LogP contribution in [0.15, 0.2) is 72.4 Å². The number of ether oxygens (including phenoxy) is 1. The van der Waals surface area contributed by atoms with Crippen molar-refractivity contribution in [3.63, 3.8) is 0 Å². The van der Waals surface area contributed by atoms with Crippen molar-refractivity contribution in [2.75, 3.05) is 17.3 Å². The number of carbonyl (C=O) groups is 2. The van der Waals surface area contributed by atoms with E-state index in [1.165, 1.54) is 18.2 Å². The van der Waals surface area contributed by atoms with E-state index in [1.54, 1.807) is 43.5 Å². The van der Waals surface area contributed by atoms with E-state index in [2.05, 4.69) is 5.32 Å². The summed E-state index contributed by atoms with van der Waals surface area (Å²) in [7, 11) is 1.54. The fourth-order valence-electron chi connectivity index (χ4n) is 3.38. The lowest BCUT2D eigenvalue weighted by atomic mass is 10.0. The Balaban J connectivity index is 1.85. The number of methoxy groups -OCH3 is 1. The Kier molecular flexibility index (Phi) is 5.48. The molecule has 3 aromatic rings. The predicted octanol–water partition coefficient (Wildman–Crippen LogP) is 5.19. The second-order valence-corrected chi connectivity index (χ2v) is 7.42. The van der Waals surface area contributed by atoms with Crippen LogP contribution in [0.2, 0.25) is 5.02 Å². The molecule has 0 aliphatic carbocycles. The molecule has 3 aromatic carbocycles. The summed E-state index contributed by atoms with van der Waals surface area (Å²) >= 11 is 6.12. The molecule has 7 heteroatoms. The van der Waals surface area contributed by atoms with Crippen molar-refractivity contribution in [1.29, 1.82) is 0 Å². The van der Waals surface area contributed by atoms with Gasteiger partial charge in [0.1, 0.15) is 17.3 Å². The van der Waals surface area contributed by atoms with Crippen LogP contribution in [0.3, 0.4) is 0 Å². The highest BCUT2D eigenvalue weighted by molar-refractivity contribution is 6.46. The van der Waals surface area contributed by atoms with Crippen molar-refractivity contribution in [2.24, 2.45) is 0 Å². The molecule has 4 rings (SSSR count). The Bertz CT molecular complexity index is 1220. The SMILES string of the molecule is COc1ccc(C2=C(Nc3cc(Cl)ccc3C)C(=O)N(c3cccc(F)c3)C2=O)cc1. The van der Waals surface area contributed by atoms with Gasteiger partial charge >= 0.3 is 0 Å². The molecule has 0 radical (unpaired) electrons. The molecular weight excluding hydrogens is 419 g/mol. The van der Waals surface area contributed by atoms with E-state index in [4.69, 9.17) is 16.3 Å². The van der Waals surface area contributed by atoms with Gasteiger partial charge in [-0.2, -0.15) is 0 Å². The van der Waals surface area contributed by atoms with Gasteiger partial charge < -0.3 is 10.1 Å². The number of amides is 2. The van der Waals surface area contributed by atoms with Crippen molar-refractivity contribution in [2.45, 2.75) is 6.92 Å². The van der Waals surface area contributed by atoms with Crippen molar-refractivity contribution in [1.82, 2.24) is 0 Å². The predicted molar refractivity (Wildman–Crippen MR) is 119 cm³/mol. The van der Waals surface area contributed by atoms with Crippen molar-refractivity contribution in [3.05, 3.63) is 94.4 Å². The van der Waals surface area contributed by atoms with E-state index >= 15 is 0 Å². The summed E-state index contributed by atoms with van der Waals surface area (Å²) in [6.45, 7) is 1.86. The summed E-state index contributed by atoms with van der Waals surface area (Å²) in [5.41, 5.74) is 2.38. The number of nitrogens with zero attached hydrogens (tertiary/aromatic N) is 1. The number of benzene rings is 3. The number of anilines is 2. The van der Waals surface area contributed by atoms with Gasteiger partial charge in [0.05, 0.1) is 18.4 Å². The molecule has 156 valence electrons. The number of nitrogens with one attached hydrogen (secondary N) is 1. The quantitative estimate of drug-likeness (QED) is 0.559. The highest BCUT2D eigenvalue weighted by atomic mass is 35.5. The molecule has 0 fully saturated rings. The van der Waals surface area contributed by atoms with Gasteiger partial charge in [-0.3, -0.25) is 9.59 Å². The third-order valence-corrected chi connectivity index (χ3v) is 5.22. The molecule has 0 saturated carbocycles. The molecule has 0 bridgehead atoms. The molecule has 5 nitrogen and oxygen atoms in total.